The molecule has 0 bridgehead atoms. The zero-order chi connectivity index (χ0) is 12.0. The van der Waals surface area contributed by atoms with Gasteiger partial charge < -0.3 is 9.47 Å². The molecule has 0 unspecified atom stereocenters. The van der Waals surface area contributed by atoms with E-state index in [9.17, 15) is 4.79 Å². The first-order valence-electron chi connectivity index (χ1n) is 4.85. The smallest absolute Gasteiger partial charge is 0.245 e. The van der Waals surface area contributed by atoms with E-state index in [4.69, 9.17) is 21.1 Å². The highest BCUT2D eigenvalue weighted by Gasteiger charge is 2.03. The van der Waals surface area contributed by atoms with Gasteiger partial charge in [-0.1, -0.05) is 12.1 Å². The Morgan fingerprint density at radius 2 is 2.19 bits per heavy atom. The normalized spacial score (nSPS) is 10.4. The highest BCUT2D eigenvalue weighted by Crippen LogP contribution is 2.28. The Morgan fingerprint density at radius 3 is 2.75 bits per heavy atom. The molecule has 0 saturated heterocycles. The van der Waals surface area contributed by atoms with Gasteiger partial charge in [0.1, 0.15) is 0 Å². The van der Waals surface area contributed by atoms with Crippen LogP contribution in [0, 0.1) is 0 Å². The summed E-state index contributed by atoms with van der Waals surface area (Å²) in [7, 11) is 1.58. The maximum atomic E-state index is 10.6. The van der Waals surface area contributed by atoms with Crippen LogP contribution in [0.2, 0.25) is 0 Å². The molecule has 0 atom stereocenters. The van der Waals surface area contributed by atoms with E-state index in [0.29, 0.717) is 18.1 Å². The lowest BCUT2D eigenvalue weighted by atomic mass is 10.2. The zero-order valence-electron chi connectivity index (χ0n) is 9.20. The molecular formula is C12H13ClO3. The van der Waals surface area contributed by atoms with Gasteiger partial charge in [0.15, 0.2) is 11.5 Å². The van der Waals surface area contributed by atoms with Gasteiger partial charge in [-0.15, -0.1) is 0 Å². The topological polar surface area (TPSA) is 35.5 Å². The SMILES string of the molecule is CCOc1cc(/C=C/C(=O)Cl)ccc1OC. The molecule has 1 aromatic carbocycles. The lowest BCUT2D eigenvalue weighted by Crippen LogP contribution is -1.95. The largest absolute Gasteiger partial charge is 0.493 e. The predicted octanol–water partition coefficient (Wildman–Crippen LogP) is 2.87. The molecule has 0 aliphatic heterocycles. The van der Waals surface area contributed by atoms with Gasteiger partial charge in [-0.05, 0) is 42.3 Å². The number of hydrogen-bond donors (Lipinski definition) is 0. The summed E-state index contributed by atoms with van der Waals surface area (Å²) in [5.74, 6) is 1.31. The van der Waals surface area contributed by atoms with E-state index in [1.807, 2.05) is 13.0 Å². The van der Waals surface area contributed by atoms with Gasteiger partial charge in [0.25, 0.3) is 0 Å². The summed E-state index contributed by atoms with van der Waals surface area (Å²) >= 11 is 5.21. The molecular weight excluding hydrogens is 228 g/mol. The van der Waals surface area contributed by atoms with Crippen LogP contribution in [0.25, 0.3) is 6.08 Å². The molecule has 0 heterocycles. The van der Waals surface area contributed by atoms with E-state index < -0.39 is 5.24 Å². The van der Waals surface area contributed by atoms with E-state index in [1.165, 1.54) is 6.08 Å². The van der Waals surface area contributed by atoms with E-state index in [-0.39, 0.29) is 0 Å². The summed E-state index contributed by atoms with van der Waals surface area (Å²) in [5, 5.41) is -0.506. The number of methoxy groups -OCH3 is 1. The number of carbonyl (C=O) groups is 1. The van der Waals surface area contributed by atoms with Crippen molar-refractivity contribution in [2.45, 2.75) is 6.92 Å². The van der Waals surface area contributed by atoms with Crippen molar-refractivity contribution in [2.24, 2.45) is 0 Å². The summed E-state index contributed by atoms with van der Waals surface area (Å²) in [6.45, 7) is 2.45. The van der Waals surface area contributed by atoms with Crippen LogP contribution in [-0.4, -0.2) is 19.0 Å². The Bertz CT molecular complexity index is 399. The second-order valence-electron chi connectivity index (χ2n) is 2.98. The molecule has 16 heavy (non-hydrogen) atoms. The van der Waals surface area contributed by atoms with Crippen molar-refractivity contribution in [3.63, 3.8) is 0 Å². The van der Waals surface area contributed by atoms with Crippen LogP contribution in [0.3, 0.4) is 0 Å². The third-order valence-corrected chi connectivity index (χ3v) is 2.02. The highest BCUT2D eigenvalue weighted by molar-refractivity contribution is 6.66. The van der Waals surface area contributed by atoms with E-state index in [2.05, 4.69) is 0 Å². The standard InChI is InChI=1S/C12H13ClO3/c1-3-16-11-8-9(5-7-12(13)14)4-6-10(11)15-2/h4-8H,3H2,1-2H3/b7-5+. The molecule has 0 radical (unpaired) electrons. The molecule has 1 aromatic rings. The van der Waals surface area contributed by atoms with E-state index in [1.54, 1.807) is 25.3 Å². The van der Waals surface area contributed by atoms with Crippen LogP contribution in [-0.2, 0) is 4.79 Å². The van der Waals surface area contributed by atoms with Crippen molar-refractivity contribution in [2.75, 3.05) is 13.7 Å². The number of allylic oxidation sites excluding steroid dienone is 1. The van der Waals surface area contributed by atoms with E-state index in [0.717, 1.165) is 5.56 Å². The Balaban J connectivity index is 2.96. The van der Waals surface area contributed by atoms with Gasteiger partial charge in [-0.25, -0.2) is 0 Å². The average Bonchev–Trinajstić information content (AvgIpc) is 2.27. The molecule has 3 nitrogen and oxygen atoms in total. The molecule has 0 spiro atoms. The number of halogens is 1. The van der Waals surface area contributed by atoms with E-state index >= 15 is 0 Å². The number of hydrogen-bond acceptors (Lipinski definition) is 3. The van der Waals surface area contributed by atoms with Gasteiger partial charge in [0.05, 0.1) is 13.7 Å². The predicted molar refractivity (Wildman–Crippen MR) is 64.1 cm³/mol. The van der Waals surface area contributed by atoms with Crippen molar-refractivity contribution in [1.29, 1.82) is 0 Å². The molecule has 4 heteroatoms. The quantitative estimate of drug-likeness (QED) is 0.587. The Labute approximate surface area is 99.6 Å². The van der Waals surface area contributed by atoms with Crippen molar-refractivity contribution in [3.05, 3.63) is 29.8 Å². The Morgan fingerprint density at radius 1 is 1.44 bits per heavy atom. The lowest BCUT2D eigenvalue weighted by Gasteiger charge is -2.09. The maximum Gasteiger partial charge on any atom is 0.245 e. The monoisotopic (exact) mass is 240 g/mol. The van der Waals surface area contributed by atoms with Crippen LogP contribution >= 0.6 is 11.6 Å². The number of benzene rings is 1. The summed E-state index contributed by atoms with van der Waals surface area (Å²) in [6, 6.07) is 5.39. The molecule has 0 N–H and O–H groups in total. The minimum atomic E-state index is -0.506. The molecule has 0 aromatic heterocycles. The molecule has 1 rings (SSSR count). The Hall–Kier alpha value is -1.48. The van der Waals surface area contributed by atoms with Gasteiger partial charge in [-0.3, -0.25) is 4.79 Å². The van der Waals surface area contributed by atoms with Gasteiger partial charge >= 0.3 is 0 Å². The molecule has 86 valence electrons. The zero-order valence-corrected chi connectivity index (χ0v) is 9.95. The minimum Gasteiger partial charge on any atom is -0.493 e. The fourth-order valence-corrected chi connectivity index (χ4v) is 1.29. The molecule has 0 aliphatic carbocycles. The van der Waals surface area contributed by atoms with Crippen molar-refractivity contribution < 1.29 is 14.3 Å². The van der Waals surface area contributed by atoms with Crippen LogP contribution in [0.5, 0.6) is 11.5 Å². The van der Waals surface area contributed by atoms with Crippen LogP contribution in [0.15, 0.2) is 24.3 Å². The van der Waals surface area contributed by atoms with Crippen LogP contribution < -0.4 is 9.47 Å². The lowest BCUT2D eigenvalue weighted by molar-refractivity contribution is -0.107. The van der Waals surface area contributed by atoms with Crippen LogP contribution in [0.1, 0.15) is 12.5 Å². The number of carbonyl (C=O) groups excluding carboxylic acids is 1. The van der Waals surface area contributed by atoms with Gasteiger partial charge in [0, 0.05) is 0 Å². The third-order valence-electron chi connectivity index (χ3n) is 1.89. The first-order valence-corrected chi connectivity index (χ1v) is 5.23. The summed E-state index contributed by atoms with van der Waals surface area (Å²) in [6.07, 6.45) is 2.91. The first kappa shape index (κ1) is 12.6. The fraction of sp³-hybridized carbons (Fsp3) is 0.250. The van der Waals surface area contributed by atoms with Crippen molar-refractivity contribution >= 4 is 22.9 Å². The fourth-order valence-electron chi connectivity index (χ4n) is 1.23. The summed E-state index contributed by atoms with van der Waals surface area (Å²) < 4.78 is 10.5. The maximum absolute atomic E-state index is 10.6. The number of ether oxygens (including phenoxy) is 2. The van der Waals surface area contributed by atoms with Gasteiger partial charge in [-0.2, -0.15) is 0 Å². The van der Waals surface area contributed by atoms with Crippen molar-refractivity contribution in [1.82, 2.24) is 0 Å². The summed E-state index contributed by atoms with van der Waals surface area (Å²) in [4.78, 5) is 10.6. The third kappa shape index (κ3) is 3.59. The Kier molecular flexibility index (Phi) is 4.86. The summed E-state index contributed by atoms with van der Waals surface area (Å²) in [5.41, 5.74) is 0.832. The van der Waals surface area contributed by atoms with Crippen LogP contribution in [0.4, 0.5) is 0 Å². The average molecular weight is 241 g/mol. The molecule has 0 amide bonds. The molecule has 0 aliphatic rings. The molecule has 0 fully saturated rings. The minimum absolute atomic E-state index is 0.506. The molecule has 0 saturated carbocycles. The van der Waals surface area contributed by atoms with Gasteiger partial charge in [0.2, 0.25) is 5.24 Å². The second-order valence-corrected chi connectivity index (χ2v) is 3.35. The second kappa shape index (κ2) is 6.18. The van der Waals surface area contributed by atoms with Crippen molar-refractivity contribution in [3.8, 4) is 11.5 Å². The first-order chi connectivity index (χ1) is 7.67. The highest BCUT2D eigenvalue weighted by atomic mass is 35.5. The number of rotatable bonds is 5.